The predicted molar refractivity (Wildman–Crippen MR) is 69.7 cm³/mol. The van der Waals surface area contributed by atoms with Gasteiger partial charge >= 0.3 is 0 Å². The van der Waals surface area contributed by atoms with E-state index in [-0.39, 0.29) is 0 Å². The fourth-order valence-corrected chi connectivity index (χ4v) is 2.55. The second-order valence-electron chi connectivity index (χ2n) is 3.44. The summed E-state index contributed by atoms with van der Waals surface area (Å²) in [6.45, 7) is 0. The van der Waals surface area contributed by atoms with Gasteiger partial charge in [0.2, 0.25) is 0 Å². The van der Waals surface area contributed by atoms with E-state index in [2.05, 4.69) is 8.75 Å². The zero-order valence-electron chi connectivity index (χ0n) is 8.74. The van der Waals surface area contributed by atoms with Gasteiger partial charge in [-0.2, -0.15) is 8.75 Å². The van der Waals surface area contributed by atoms with E-state index in [1.807, 2.05) is 31.1 Å². The van der Waals surface area contributed by atoms with E-state index < -0.39 is 0 Å². The second-order valence-corrected chi connectivity index (χ2v) is 4.78. The summed E-state index contributed by atoms with van der Waals surface area (Å²) in [4.78, 5) is 1.93. The summed E-state index contributed by atoms with van der Waals surface area (Å²) in [6, 6.07) is 3.70. The van der Waals surface area contributed by atoms with Crippen LogP contribution in [0.3, 0.4) is 0 Å². The second kappa shape index (κ2) is 4.57. The topological polar surface area (TPSA) is 29.0 Å². The minimum absolute atomic E-state index is 0.586. The molecule has 0 atom stereocenters. The molecule has 0 saturated carbocycles. The first-order valence-electron chi connectivity index (χ1n) is 4.54. The van der Waals surface area contributed by atoms with Crippen LogP contribution < -0.4 is 4.90 Å². The van der Waals surface area contributed by atoms with Crippen molar-refractivity contribution >= 4 is 40.6 Å². The Balaban J connectivity index is 2.64. The van der Waals surface area contributed by atoms with Crippen LogP contribution >= 0.6 is 34.9 Å². The van der Waals surface area contributed by atoms with E-state index in [0.29, 0.717) is 15.7 Å². The summed E-state index contributed by atoms with van der Waals surface area (Å²) < 4.78 is 8.11. The molecule has 0 saturated heterocycles. The van der Waals surface area contributed by atoms with Crippen LogP contribution in [0.4, 0.5) is 5.69 Å². The van der Waals surface area contributed by atoms with E-state index in [1.54, 1.807) is 6.20 Å². The first-order valence-corrected chi connectivity index (χ1v) is 6.03. The van der Waals surface area contributed by atoms with Crippen LogP contribution in [-0.4, -0.2) is 22.8 Å². The molecule has 3 nitrogen and oxygen atoms in total. The van der Waals surface area contributed by atoms with Gasteiger partial charge < -0.3 is 4.90 Å². The molecular formula is C10H9Cl2N3S. The Kier molecular flexibility index (Phi) is 3.33. The molecule has 0 bridgehead atoms. The van der Waals surface area contributed by atoms with Gasteiger partial charge in [0.1, 0.15) is 5.69 Å². The highest BCUT2D eigenvalue weighted by molar-refractivity contribution is 6.99. The summed E-state index contributed by atoms with van der Waals surface area (Å²) >= 11 is 13.6. The largest absolute Gasteiger partial charge is 0.376 e. The van der Waals surface area contributed by atoms with Crippen LogP contribution in [0.25, 0.3) is 11.3 Å². The Morgan fingerprint density at radius 1 is 1.25 bits per heavy atom. The molecule has 1 heterocycles. The summed E-state index contributed by atoms with van der Waals surface area (Å²) in [5, 5.41) is 1.19. The highest BCUT2D eigenvalue weighted by atomic mass is 35.5. The molecule has 1 aromatic heterocycles. The van der Waals surface area contributed by atoms with Crippen molar-refractivity contribution in [2.24, 2.45) is 0 Å². The molecule has 0 radical (unpaired) electrons. The fraction of sp³-hybridized carbons (Fsp3) is 0.200. The highest BCUT2D eigenvalue weighted by Gasteiger charge is 2.15. The molecule has 0 unspecified atom stereocenters. The van der Waals surface area contributed by atoms with E-state index in [9.17, 15) is 0 Å². The molecule has 2 rings (SSSR count). The van der Waals surface area contributed by atoms with Crippen molar-refractivity contribution in [2.45, 2.75) is 0 Å². The lowest BCUT2D eigenvalue weighted by Crippen LogP contribution is -2.09. The van der Waals surface area contributed by atoms with Crippen molar-refractivity contribution in [2.75, 3.05) is 19.0 Å². The highest BCUT2D eigenvalue weighted by Crippen LogP contribution is 2.39. The number of hydrogen-bond acceptors (Lipinski definition) is 4. The standard InChI is InChI=1S/C10H9Cl2N3S/c1-15(2)8-4-3-6(11)9(10(8)12)7-5-13-16-14-7/h3-5H,1-2H3. The fourth-order valence-electron chi connectivity index (χ4n) is 1.40. The number of halogens is 2. The van der Waals surface area contributed by atoms with Crippen molar-refractivity contribution in [1.29, 1.82) is 0 Å². The minimum atomic E-state index is 0.586. The number of nitrogens with zero attached hydrogens (tertiary/aromatic N) is 3. The number of hydrogen-bond donors (Lipinski definition) is 0. The maximum atomic E-state index is 6.31. The molecule has 84 valence electrons. The van der Waals surface area contributed by atoms with Gasteiger partial charge in [-0.25, -0.2) is 0 Å². The smallest absolute Gasteiger partial charge is 0.107 e. The van der Waals surface area contributed by atoms with Crippen LogP contribution in [0.1, 0.15) is 0 Å². The van der Waals surface area contributed by atoms with E-state index >= 15 is 0 Å². The van der Waals surface area contributed by atoms with Gasteiger partial charge in [-0.1, -0.05) is 23.2 Å². The normalized spacial score (nSPS) is 10.5. The van der Waals surface area contributed by atoms with Crippen molar-refractivity contribution in [3.63, 3.8) is 0 Å². The zero-order chi connectivity index (χ0) is 11.7. The van der Waals surface area contributed by atoms with Crippen molar-refractivity contribution in [3.8, 4) is 11.3 Å². The monoisotopic (exact) mass is 273 g/mol. The first-order chi connectivity index (χ1) is 7.61. The Labute approximate surface area is 108 Å². The van der Waals surface area contributed by atoms with Crippen LogP contribution in [0.2, 0.25) is 10.0 Å². The van der Waals surface area contributed by atoms with Gasteiger partial charge in [-0.3, -0.25) is 0 Å². The van der Waals surface area contributed by atoms with Crippen LogP contribution in [-0.2, 0) is 0 Å². The summed E-state index contributed by atoms with van der Waals surface area (Å²) in [5.74, 6) is 0. The zero-order valence-corrected chi connectivity index (χ0v) is 11.1. The number of aromatic nitrogens is 2. The maximum Gasteiger partial charge on any atom is 0.107 e. The molecule has 0 spiro atoms. The van der Waals surface area contributed by atoms with Crippen LogP contribution in [0, 0.1) is 0 Å². The molecule has 0 amide bonds. The van der Waals surface area contributed by atoms with Crippen molar-refractivity contribution < 1.29 is 0 Å². The van der Waals surface area contributed by atoms with Gasteiger partial charge in [0.25, 0.3) is 0 Å². The number of rotatable bonds is 2. The third kappa shape index (κ3) is 2.00. The summed E-state index contributed by atoms with van der Waals surface area (Å²) in [6.07, 6.45) is 1.66. The average molecular weight is 274 g/mol. The molecule has 0 fully saturated rings. The van der Waals surface area contributed by atoms with Gasteiger partial charge in [-0.15, -0.1) is 0 Å². The van der Waals surface area contributed by atoms with E-state index in [4.69, 9.17) is 23.2 Å². The van der Waals surface area contributed by atoms with E-state index in [0.717, 1.165) is 23.0 Å². The average Bonchev–Trinajstić information content (AvgIpc) is 2.70. The molecule has 0 aliphatic heterocycles. The number of anilines is 1. The lowest BCUT2D eigenvalue weighted by Gasteiger charge is -2.16. The van der Waals surface area contributed by atoms with Crippen molar-refractivity contribution in [3.05, 3.63) is 28.4 Å². The molecule has 0 N–H and O–H groups in total. The molecule has 16 heavy (non-hydrogen) atoms. The molecule has 0 aliphatic rings. The van der Waals surface area contributed by atoms with Crippen LogP contribution in [0.15, 0.2) is 18.3 Å². The molecular weight excluding hydrogens is 265 g/mol. The van der Waals surface area contributed by atoms with Gasteiger partial charge in [0, 0.05) is 19.7 Å². The Hall–Kier alpha value is -0.840. The summed E-state index contributed by atoms with van der Waals surface area (Å²) in [5.41, 5.74) is 2.36. The number of benzene rings is 1. The lowest BCUT2D eigenvalue weighted by molar-refractivity contribution is 1.13. The predicted octanol–water partition coefficient (Wildman–Crippen LogP) is 3.58. The van der Waals surface area contributed by atoms with Crippen molar-refractivity contribution in [1.82, 2.24) is 8.75 Å². The molecule has 0 aliphatic carbocycles. The first kappa shape index (κ1) is 11.6. The molecule has 6 heteroatoms. The Morgan fingerprint density at radius 3 is 2.56 bits per heavy atom. The van der Waals surface area contributed by atoms with Gasteiger partial charge in [-0.05, 0) is 12.1 Å². The van der Waals surface area contributed by atoms with Crippen LogP contribution in [0.5, 0.6) is 0 Å². The third-order valence-electron chi connectivity index (χ3n) is 2.17. The maximum absolute atomic E-state index is 6.31. The quantitative estimate of drug-likeness (QED) is 0.838. The minimum Gasteiger partial charge on any atom is -0.376 e. The van der Waals surface area contributed by atoms with Gasteiger partial charge in [0.15, 0.2) is 0 Å². The lowest BCUT2D eigenvalue weighted by atomic mass is 10.1. The summed E-state index contributed by atoms with van der Waals surface area (Å²) in [7, 11) is 3.86. The van der Waals surface area contributed by atoms with Gasteiger partial charge in [0.05, 0.1) is 33.7 Å². The third-order valence-corrected chi connectivity index (χ3v) is 3.35. The molecule has 2 aromatic rings. The Morgan fingerprint density at radius 2 is 2.00 bits per heavy atom. The van der Waals surface area contributed by atoms with E-state index in [1.165, 1.54) is 0 Å². The molecule has 1 aromatic carbocycles. The Bertz CT molecular complexity index is 497. The SMILES string of the molecule is CN(C)c1ccc(Cl)c(-c2cnsn2)c1Cl.